The Morgan fingerprint density at radius 2 is 2.13 bits per heavy atom. The number of alkyl halides is 2. The quantitative estimate of drug-likeness (QED) is 0.539. The fourth-order valence-electron chi connectivity index (χ4n) is 1.07. The number of hydrogen-bond acceptors (Lipinski definition) is 2. The van der Waals surface area contributed by atoms with Gasteiger partial charge in [-0.1, -0.05) is 6.08 Å². The lowest BCUT2D eigenvalue weighted by molar-refractivity contribution is -0.334. The Hall–Kier alpha value is -1.000. The zero-order valence-electron chi connectivity index (χ0n) is 7.82. The molecule has 1 aliphatic heterocycles. The largest absolute Gasteiger partial charge is 0.366 e. The molecule has 0 saturated carbocycles. The minimum atomic E-state index is -0.470. The summed E-state index contributed by atoms with van der Waals surface area (Å²) in [6, 6.07) is 0. The second kappa shape index (κ2) is 5.78. The molecule has 4 nitrogen and oxygen atoms in total. The number of carbonyl (C=O) groups is 2. The predicted octanol–water partition coefficient (Wildman–Crippen LogP) is 0.959. The number of amides is 2. The van der Waals surface area contributed by atoms with Gasteiger partial charge in [-0.3, -0.25) is 0 Å². The SMILES string of the molecule is O=C(CCl)N=C1CC=CC=[N+]1C(=O)CCl. The third-order valence-corrected chi connectivity index (χ3v) is 2.16. The van der Waals surface area contributed by atoms with Crippen molar-refractivity contribution in [2.24, 2.45) is 4.99 Å². The number of hydrogen-bond donors (Lipinski definition) is 0. The van der Waals surface area contributed by atoms with Crippen LogP contribution in [0, 0.1) is 0 Å². The van der Waals surface area contributed by atoms with E-state index in [4.69, 9.17) is 23.2 Å². The summed E-state index contributed by atoms with van der Waals surface area (Å²) < 4.78 is 1.26. The third kappa shape index (κ3) is 3.25. The van der Waals surface area contributed by atoms with Gasteiger partial charge in [-0.25, -0.2) is 9.59 Å². The van der Waals surface area contributed by atoms with Crippen LogP contribution in [0.25, 0.3) is 0 Å². The van der Waals surface area contributed by atoms with Crippen molar-refractivity contribution >= 4 is 47.1 Å². The maximum absolute atomic E-state index is 11.4. The molecule has 0 N–H and O–H groups in total. The van der Waals surface area contributed by atoms with E-state index in [1.807, 2.05) is 0 Å². The van der Waals surface area contributed by atoms with Gasteiger partial charge >= 0.3 is 17.6 Å². The molecule has 80 valence electrons. The standard InChI is InChI=1S/C9H9Cl2N2O2/c10-5-8(14)12-7-3-1-2-4-13(7)9(15)6-11/h1-2,4H,3,5-6H2/q+1. The number of allylic oxidation sites excluding steroid dienone is 1. The molecule has 0 aromatic heterocycles. The van der Waals surface area contributed by atoms with E-state index in [1.165, 1.54) is 10.8 Å². The topological polar surface area (TPSA) is 49.5 Å². The monoisotopic (exact) mass is 247 g/mol. The predicted molar refractivity (Wildman–Crippen MR) is 59.0 cm³/mol. The van der Waals surface area contributed by atoms with Crippen molar-refractivity contribution in [3.8, 4) is 0 Å². The molecule has 1 aliphatic rings. The molecule has 0 aromatic rings. The molecule has 1 heterocycles. The third-order valence-electron chi connectivity index (χ3n) is 1.70. The van der Waals surface area contributed by atoms with Gasteiger partial charge < -0.3 is 0 Å². The average Bonchev–Trinajstić information content (AvgIpc) is 2.28. The second-order valence-corrected chi connectivity index (χ2v) is 3.27. The van der Waals surface area contributed by atoms with E-state index >= 15 is 0 Å². The maximum atomic E-state index is 11.4. The van der Waals surface area contributed by atoms with Crippen LogP contribution >= 0.6 is 23.2 Å². The molecular formula is C9H9Cl2N2O2+. The minimum absolute atomic E-state index is 0.154. The molecule has 0 spiro atoms. The molecule has 0 bridgehead atoms. The van der Waals surface area contributed by atoms with Gasteiger partial charge in [-0.05, 0) is 11.1 Å². The molecule has 1 rings (SSSR count). The Labute approximate surface area is 96.9 Å². The lowest BCUT2D eigenvalue weighted by Crippen LogP contribution is -2.31. The van der Waals surface area contributed by atoms with E-state index in [9.17, 15) is 9.59 Å². The molecular weight excluding hydrogens is 239 g/mol. The molecule has 0 aromatic carbocycles. The highest BCUT2D eigenvalue weighted by molar-refractivity contribution is 6.28. The smallest absolute Gasteiger partial charge is 0.245 e. The van der Waals surface area contributed by atoms with E-state index in [0.29, 0.717) is 12.3 Å². The van der Waals surface area contributed by atoms with Gasteiger partial charge in [0.2, 0.25) is 0 Å². The van der Waals surface area contributed by atoms with Crippen LogP contribution in [0.3, 0.4) is 0 Å². The number of amidine groups is 1. The Kier molecular flexibility index (Phi) is 4.65. The molecule has 2 amide bonds. The van der Waals surface area contributed by atoms with E-state index in [2.05, 4.69) is 4.99 Å². The fourth-order valence-corrected chi connectivity index (χ4v) is 1.26. The minimum Gasteiger partial charge on any atom is -0.245 e. The first-order valence-electron chi connectivity index (χ1n) is 4.23. The Morgan fingerprint density at radius 1 is 1.40 bits per heavy atom. The lowest BCUT2D eigenvalue weighted by atomic mass is 10.3. The zero-order valence-corrected chi connectivity index (χ0v) is 9.33. The summed E-state index contributed by atoms with van der Waals surface area (Å²) in [6.45, 7) is 0. The van der Waals surface area contributed by atoms with Crippen molar-refractivity contribution in [3.05, 3.63) is 12.2 Å². The summed E-state index contributed by atoms with van der Waals surface area (Å²) in [5, 5.41) is 0. The van der Waals surface area contributed by atoms with Crippen molar-refractivity contribution in [2.75, 3.05) is 11.8 Å². The molecule has 0 saturated heterocycles. The van der Waals surface area contributed by atoms with E-state index in [1.54, 1.807) is 12.2 Å². The van der Waals surface area contributed by atoms with Gasteiger partial charge in [0.05, 0.1) is 12.6 Å². The van der Waals surface area contributed by atoms with E-state index in [-0.39, 0.29) is 17.7 Å². The number of rotatable bonds is 2. The zero-order chi connectivity index (χ0) is 11.3. The van der Waals surface area contributed by atoms with Crippen molar-refractivity contribution in [2.45, 2.75) is 6.42 Å². The van der Waals surface area contributed by atoms with Gasteiger partial charge in [-0.2, -0.15) is 4.58 Å². The summed E-state index contributed by atoms with van der Waals surface area (Å²) in [6.07, 6.45) is 5.43. The molecule has 0 unspecified atom stereocenters. The van der Waals surface area contributed by atoms with E-state index < -0.39 is 5.91 Å². The fraction of sp³-hybridized carbons (Fsp3) is 0.333. The summed E-state index contributed by atoms with van der Waals surface area (Å²) in [5.41, 5.74) is 0. The highest BCUT2D eigenvalue weighted by Gasteiger charge is 2.23. The van der Waals surface area contributed by atoms with Gasteiger partial charge in [0.15, 0.2) is 0 Å². The van der Waals surface area contributed by atoms with E-state index in [0.717, 1.165) is 0 Å². The summed E-state index contributed by atoms with van der Waals surface area (Å²) in [5.74, 6) is -0.784. The number of aliphatic imine (C=N–C) groups is 1. The molecule has 0 atom stereocenters. The average molecular weight is 248 g/mol. The lowest BCUT2D eigenvalue weighted by Gasteiger charge is -2.03. The summed E-state index contributed by atoms with van der Waals surface area (Å²) >= 11 is 10.7. The van der Waals surface area contributed by atoms with Crippen molar-refractivity contribution < 1.29 is 14.2 Å². The Balaban J connectivity index is 2.95. The molecule has 15 heavy (non-hydrogen) atoms. The maximum Gasteiger partial charge on any atom is 0.366 e. The summed E-state index contributed by atoms with van der Waals surface area (Å²) in [4.78, 5) is 26.1. The van der Waals surface area contributed by atoms with Crippen LogP contribution < -0.4 is 0 Å². The Bertz CT molecular complexity index is 372. The van der Waals surface area contributed by atoms with Crippen molar-refractivity contribution in [1.82, 2.24) is 0 Å². The first-order chi connectivity index (χ1) is 7.19. The van der Waals surface area contributed by atoms with Crippen LogP contribution in [-0.2, 0) is 9.59 Å². The highest BCUT2D eigenvalue weighted by Crippen LogP contribution is 2.00. The van der Waals surface area contributed by atoms with Crippen LogP contribution in [0.2, 0.25) is 0 Å². The van der Waals surface area contributed by atoms with Gasteiger partial charge in [-0.15, -0.1) is 23.2 Å². The number of halogens is 2. The normalized spacial score (nSPS) is 17.7. The van der Waals surface area contributed by atoms with Gasteiger partial charge in [0.25, 0.3) is 0 Å². The van der Waals surface area contributed by atoms with Crippen LogP contribution in [-0.4, -0.2) is 40.2 Å². The number of nitrogens with zero attached hydrogens (tertiary/aromatic N) is 2. The molecule has 0 fully saturated rings. The van der Waals surface area contributed by atoms with Crippen molar-refractivity contribution in [3.63, 3.8) is 0 Å². The molecule has 0 aliphatic carbocycles. The van der Waals surface area contributed by atoms with Crippen LogP contribution in [0.1, 0.15) is 6.42 Å². The second-order valence-electron chi connectivity index (χ2n) is 2.73. The summed E-state index contributed by atoms with van der Waals surface area (Å²) in [7, 11) is 0. The first-order valence-corrected chi connectivity index (χ1v) is 5.30. The van der Waals surface area contributed by atoms with Crippen LogP contribution in [0.4, 0.5) is 0 Å². The van der Waals surface area contributed by atoms with Gasteiger partial charge in [0.1, 0.15) is 11.8 Å². The Morgan fingerprint density at radius 3 is 2.73 bits per heavy atom. The van der Waals surface area contributed by atoms with Crippen LogP contribution in [0.15, 0.2) is 17.1 Å². The van der Waals surface area contributed by atoms with Crippen LogP contribution in [0.5, 0.6) is 0 Å². The van der Waals surface area contributed by atoms with Gasteiger partial charge in [0, 0.05) is 0 Å². The first kappa shape index (κ1) is 12.1. The number of carbonyl (C=O) groups excluding carboxylic acids is 2. The molecule has 0 radical (unpaired) electrons. The molecule has 6 heteroatoms. The highest BCUT2D eigenvalue weighted by atomic mass is 35.5. The van der Waals surface area contributed by atoms with Crippen molar-refractivity contribution in [1.29, 1.82) is 0 Å².